The summed E-state index contributed by atoms with van der Waals surface area (Å²) in [5.41, 5.74) is 9.66. The quantitative estimate of drug-likeness (QED) is 0.210. The van der Waals surface area contributed by atoms with Gasteiger partial charge in [-0.2, -0.15) is 9.78 Å². The Balaban J connectivity index is 1.50. The number of hydrogen-bond donors (Lipinski definition) is 2. The highest BCUT2D eigenvalue weighted by molar-refractivity contribution is 7.98. The Labute approximate surface area is 199 Å². The van der Waals surface area contributed by atoms with E-state index in [0.29, 0.717) is 11.4 Å². The average molecular weight is 479 g/mol. The third-order valence-electron chi connectivity index (χ3n) is 4.42. The van der Waals surface area contributed by atoms with Gasteiger partial charge in [-0.3, -0.25) is 4.79 Å². The van der Waals surface area contributed by atoms with E-state index in [4.69, 9.17) is 10.5 Å². The van der Waals surface area contributed by atoms with Crippen LogP contribution in [0.4, 0.5) is 5.82 Å². The van der Waals surface area contributed by atoms with Gasteiger partial charge in [0.2, 0.25) is 11.6 Å². The molecule has 0 atom stereocenters. The smallest absolute Gasteiger partial charge is 0.293 e. The summed E-state index contributed by atoms with van der Waals surface area (Å²) in [4.78, 5) is 13.9. The summed E-state index contributed by atoms with van der Waals surface area (Å²) in [6.07, 6.45) is 1.62. The number of rotatable bonds is 9. The number of hydrogen-bond acceptors (Lipinski definition) is 10. The standard InChI is InChI=1S/C22H22N8O3S/c1-14(2)32-16-10-8-15(9-11-16)12-24-26-22(31)19-18(13-34-17-6-4-3-5-7-17)30(29-25-19)21-20(23)27-33-28-21/h3-12,14H,13H2,1-2H3,(H2,23,27)(H,26,31). The van der Waals surface area contributed by atoms with Crippen molar-refractivity contribution in [3.05, 3.63) is 71.5 Å². The number of carbonyl (C=O) groups excluding carboxylic acids is 1. The molecule has 0 aliphatic rings. The molecule has 2 aromatic heterocycles. The van der Waals surface area contributed by atoms with Crippen molar-refractivity contribution in [2.24, 2.45) is 5.10 Å². The molecule has 0 radical (unpaired) electrons. The Hall–Kier alpha value is -4.19. The number of amides is 1. The van der Waals surface area contributed by atoms with Gasteiger partial charge in [0.1, 0.15) is 5.75 Å². The zero-order chi connectivity index (χ0) is 23.9. The fraction of sp³-hybridized carbons (Fsp3) is 0.182. The number of anilines is 1. The van der Waals surface area contributed by atoms with Gasteiger partial charge in [-0.25, -0.2) is 10.1 Å². The van der Waals surface area contributed by atoms with Crippen molar-refractivity contribution in [2.45, 2.75) is 30.6 Å². The van der Waals surface area contributed by atoms with Crippen LogP contribution in [0.25, 0.3) is 5.82 Å². The first kappa shape index (κ1) is 23.0. The molecule has 3 N–H and O–H groups in total. The van der Waals surface area contributed by atoms with E-state index >= 15 is 0 Å². The van der Waals surface area contributed by atoms with Gasteiger partial charge in [0, 0.05) is 10.6 Å². The topological polar surface area (TPSA) is 146 Å². The van der Waals surface area contributed by atoms with Gasteiger partial charge in [-0.1, -0.05) is 23.4 Å². The Bertz CT molecular complexity index is 1270. The summed E-state index contributed by atoms with van der Waals surface area (Å²) >= 11 is 1.50. The molecule has 12 heteroatoms. The molecule has 0 saturated carbocycles. The number of thioether (sulfide) groups is 1. The number of nitrogen functional groups attached to an aromatic ring is 1. The van der Waals surface area contributed by atoms with Crippen molar-refractivity contribution in [1.82, 2.24) is 30.7 Å². The second-order valence-electron chi connectivity index (χ2n) is 7.31. The Morgan fingerprint density at radius 2 is 1.97 bits per heavy atom. The van der Waals surface area contributed by atoms with Gasteiger partial charge in [0.25, 0.3) is 5.91 Å². The number of nitrogens with two attached hydrogens (primary N) is 1. The molecule has 0 saturated heterocycles. The van der Waals surface area contributed by atoms with E-state index in [1.165, 1.54) is 22.7 Å². The van der Waals surface area contributed by atoms with E-state index in [1.54, 1.807) is 0 Å². The van der Waals surface area contributed by atoms with Crippen molar-refractivity contribution in [2.75, 3.05) is 5.73 Å². The summed E-state index contributed by atoms with van der Waals surface area (Å²) in [5.74, 6) is 0.789. The highest BCUT2D eigenvalue weighted by Gasteiger charge is 2.24. The summed E-state index contributed by atoms with van der Waals surface area (Å²) in [7, 11) is 0. The molecule has 11 nitrogen and oxygen atoms in total. The second-order valence-corrected chi connectivity index (χ2v) is 8.35. The number of nitrogens with zero attached hydrogens (tertiary/aromatic N) is 6. The Morgan fingerprint density at radius 1 is 1.21 bits per heavy atom. The molecule has 0 fully saturated rings. The highest BCUT2D eigenvalue weighted by atomic mass is 32.2. The lowest BCUT2D eigenvalue weighted by Crippen LogP contribution is -2.20. The number of carbonyl (C=O) groups is 1. The average Bonchev–Trinajstić information content (AvgIpc) is 3.44. The first-order valence-corrected chi connectivity index (χ1v) is 11.3. The molecule has 0 spiro atoms. The van der Waals surface area contributed by atoms with Crippen LogP contribution in [0.2, 0.25) is 0 Å². The second kappa shape index (κ2) is 10.6. The van der Waals surface area contributed by atoms with Crippen LogP contribution in [0, 0.1) is 0 Å². The first-order chi connectivity index (χ1) is 16.5. The van der Waals surface area contributed by atoms with Crippen LogP contribution in [-0.4, -0.2) is 43.5 Å². The van der Waals surface area contributed by atoms with Crippen LogP contribution in [0.3, 0.4) is 0 Å². The molecule has 4 rings (SSSR count). The summed E-state index contributed by atoms with van der Waals surface area (Å²) in [6.45, 7) is 3.92. The lowest BCUT2D eigenvalue weighted by atomic mass is 10.2. The largest absolute Gasteiger partial charge is 0.491 e. The summed E-state index contributed by atoms with van der Waals surface area (Å²) in [6, 6.07) is 17.1. The fourth-order valence-corrected chi connectivity index (χ4v) is 3.82. The van der Waals surface area contributed by atoms with Crippen LogP contribution < -0.4 is 15.9 Å². The van der Waals surface area contributed by atoms with E-state index in [0.717, 1.165) is 16.2 Å². The zero-order valence-electron chi connectivity index (χ0n) is 18.5. The van der Waals surface area contributed by atoms with E-state index in [1.807, 2.05) is 68.4 Å². The molecule has 174 valence electrons. The fourth-order valence-electron chi connectivity index (χ4n) is 2.91. The van der Waals surface area contributed by atoms with Gasteiger partial charge in [-0.05, 0) is 66.1 Å². The maximum absolute atomic E-state index is 12.8. The zero-order valence-corrected chi connectivity index (χ0v) is 19.3. The number of aromatic nitrogens is 5. The molecule has 2 aromatic carbocycles. The predicted molar refractivity (Wildman–Crippen MR) is 127 cm³/mol. The van der Waals surface area contributed by atoms with Gasteiger partial charge >= 0.3 is 0 Å². The monoisotopic (exact) mass is 478 g/mol. The first-order valence-electron chi connectivity index (χ1n) is 10.3. The van der Waals surface area contributed by atoms with Crippen LogP contribution in [0.1, 0.15) is 35.6 Å². The molecule has 0 unspecified atom stereocenters. The third kappa shape index (κ3) is 5.59. The van der Waals surface area contributed by atoms with Gasteiger partial charge in [0.15, 0.2) is 5.69 Å². The third-order valence-corrected chi connectivity index (χ3v) is 5.45. The molecule has 34 heavy (non-hydrogen) atoms. The number of benzene rings is 2. The summed E-state index contributed by atoms with van der Waals surface area (Å²) in [5, 5.41) is 19.4. The molecule has 4 aromatic rings. The minimum Gasteiger partial charge on any atom is -0.491 e. The van der Waals surface area contributed by atoms with Crippen LogP contribution in [0.5, 0.6) is 5.75 Å². The SMILES string of the molecule is CC(C)Oc1ccc(C=NNC(=O)c2nnn(-c3nonc3N)c2CSc2ccccc2)cc1. The van der Waals surface area contributed by atoms with Crippen molar-refractivity contribution in [3.63, 3.8) is 0 Å². The minimum absolute atomic E-state index is 0.0331. The van der Waals surface area contributed by atoms with Crippen LogP contribution in [0.15, 0.2) is 69.2 Å². The normalized spacial score (nSPS) is 11.3. The summed E-state index contributed by atoms with van der Waals surface area (Å²) < 4.78 is 11.6. The molecule has 0 aliphatic heterocycles. The molecule has 0 aliphatic carbocycles. The van der Waals surface area contributed by atoms with E-state index in [9.17, 15) is 4.79 Å². The van der Waals surface area contributed by atoms with E-state index in [-0.39, 0.29) is 23.4 Å². The Morgan fingerprint density at radius 3 is 2.65 bits per heavy atom. The van der Waals surface area contributed by atoms with Crippen molar-refractivity contribution < 1.29 is 14.2 Å². The highest BCUT2D eigenvalue weighted by Crippen LogP contribution is 2.25. The van der Waals surface area contributed by atoms with Crippen molar-refractivity contribution in [3.8, 4) is 11.6 Å². The lowest BCUT2D eigenvalue weighted by molar-refractivity contribution is 0.0949. The maximum Gasteiger partial charge on any atom is 0.293 e. The van der Waals surface area contributed by atoms with Crippen LogP contribution >= 0.6 is 11.8 Å². The molecular formula is C22H22N8O3S. The molecular weight excluding hydrogens is 456 g/mol. The van der Waals surface area contributed by atoms with Crippen molar-refractivity contribution >= 4 is 29.7 Å². The number of nitrogens with one attached hydrogen (secondary N) is 1. The number of hydrazone groups is 1. The van der Waals surface area contributed by atoms with Gasteiger partial charge < -0.3 is 10.5 Å². The Kier molecular flexibility index (Phi) is 7.18. The number of ether oxygens (including phenoxy) is 1. The minimum atomic E-state index is -0.527. The lowest BCUT2D eigenvalue weighted by Gasteiger charge is -2.09. The van der Waals surface area contributed by atoms with E-state index < -0.39 is 5.91 Å². The van der Waals surface area contributed by atoms with Crippen LogP contribution in [-0.2, 0) is 5.75 Å². The van der Waals surface area contributed by atoms with Gasteiger partial charge in [0.05, 0.1) is 18.0 Å². The molecule has 0 bridgehead atoms. The molecule has 2 heterocycles. The van der Waals surface area contributed by atoms with Gasteiger partial charge in [-0.15, -0.1) is 16.9 Å². The van der Waals surface area contributed by atoms with E-state index in [2.05, 4.69) is 35.8 Å². The predicted octanol–water partition coefficient (Wildman–Crippen LogP) is 3.08. The molecule has 1 amide bonds. The maximum atomic E-state index is 12.8. The van der Waals surface area contributed by atoms with Crippen molar-refractivity contribution in [1.29, 1.82) is 0 Å².